The molecule has 2 N–H and O–H groups in total. The maximum Gasteiger partial charge on any atom is 0.411 e. The summed E-state index contributed by atoms with van der Waals surface area (Å²) in [5.41, 5.74) is 3.89. The number of nitrogens with one attached hydrogen (secondary N) is 2. The van der Waals surface area contributed by atoms with E-state index >= 15 is 0 Å². The van der Waals surface area contributed by atoms with Gasteiger partial charge in [-0.3, -0.25) is 19.9 Å². The average Bonchev–Trinajstić information content (AvgIpc) is 3.53. The number of urea groups is 1. The van der Waals surface area contributed by atoms with Crippen molar-refractivity contribution in [3.05, 3.63) is 160 Å². The lowest BCUT2D eigenvalue weighted by atomic mass is 9.98. The first-order valence-electron chi connectivity index (χ1n) is 18.2. The molecule has 2 fully saturated rings. The van der Waals surface area contributed by atoms with Crippen LogP contribution in [0.25, 0.3) is 10.8 Å². The quantitative estimate of drug-likeness (QED) is 0.126. The van der Waals surface area contributed by atoms with E-state index in [0.29, 0.717) is 22.3 Å². The van der Waals surface area contributed by atoms with Crippen molar-refractivity contribution in [3.63, 3.8) is 0 Å². The Morgan fingerprint density at radius 2 is 1.59 bits per heavy atom. The molecule has 0 aromatic heterocycles. The largest absolute Gasteiger partial charge is 0.444 e. The van der Waals surface area contributed by atoms with E-state index in [1.807, 2.05) is 84.9 Å². The van der Waals surface area contributed by atoms with Crippen LogP contribution >= 0.6 is 23.2 Å². The Morgan fingerprint density at radius 3 is 2.36 bits per heavy atom. The van der Waals surface area contributed by atoms with E-state index in [2.05, 4.69) is 17.2 Å². The smallest absolute Gasteiger partial charge is 0.411 e. The van der Waals surface area contributed by atoms with Crippen LogP contribution in [0.3, 0.4) is 0 Å². The fourth-order valence-corrected chi connectivity index (χ4v) is 7.52. The molecule has 56 heavy (non-hydrogen) atoms. The highest BCUT2D eigenvalue weighted by atomic mass is 35.5. The van der Waals surface area contributed by atoms with E-state index in [0.717, 1.165) is 33.0 Å². The molecule has 0 radical (unpaired) electrons. The number of benzene rings is 5. The SMILES string of the molecule is C=CCN(C(=O)NCc1ccc(Cl)c(Cl)c1)N1CC(=O)N2[C@@H](Cc3ccc(NC(=O)OCc4ccccc4)cc3)C(=O)N(Cc3cccc4ccccc34)C[C@@H]21. The minimum absolute atomic E-state index is 0.113. The Balaban J connectivity index is 1.12. The average molecular weight is 792 g/mol. The molecule has 5 aromatic carbocycles. The topological polar surface area (TPSA) is 115 Å². The Morgan fingerprint density at radius 1 is 0.857 bits per heavy atom. The van der Waals surface area contributed by atoms with Gasteiger partial charge < -0.3 is 19.9 Å². The van der Waals surface area contributed by atoms with Crippen LogP contribution in [0.2, 0.25) is 10.0 Å². The van der Waals surface area contributed by atoms with Gasteiger partial charge in [0, 0.05) is 25.2 Å². The van der Waals surface area contributed by atoms with Gasteiger partial charge >= 0.3 is 12.1 Å². The molecular weight excluding hydrogens is 751 g/mol. The van der Waals surface area contributed by atoms with Crippen molar-refractivity contribution in [3.8, 4) is 0 Å². The van der Waals surface area contributed by atoms with Crippen molar-refractivity contribution in [1.82, 2.24) is 25.1 Å². The van der Waals surface area contributed by atoms with Crippen LogP contribution in [-0.4, -0.2) is 75.6 Å². The standard InChI is InChI=1S/C43H40Cl2N6O5/c1-2-21-49(42(54)46-24-31-17-20-36(44)37(45)22-31)50-27-40(52)51-38(23-29-15-18-34(19-16-29)47-43(55)56-28-30-9-4-3-5-10-30)41(53)48(26-39(50)51)25-33-13-8-12-32-11-6-7-14-35(32)33/h2-20,22,38-39H,1,21,23-28H2,(H,46,54)(H,47,55)/t38-,39+/m0/s1. The molecular formula is C43H40Cl2N6O5. The molecule has 2 heterocycles. The molecule has 2 aliphatic rings. The Labute approximate surface area is 335 Å². The van der Waals surface area contributed by atoms with Crippen molar-refractivity contribution < 1.29 is 23.9 Å². The van der Waals surface area contributed by atoms with Crippen LogP contribution in [0.15, 0.2) is 128 Å². The molecule has 0 aliphatic carbocycles. The molecule has 2 aliphatic heterocycles. The monoisotopic (exact) mass is 790 g/mol. The number of rotatable bonds is 12. The van der Waals surface area contributed by atoms with Gasteiger partial charge in [0.25, 0.3) is 0 Å². The molecule has 0 bridgehead atoms. The minimum Gasteiger partial charge on any atom is -0.444 e. The zero-order valence-electron chi connectivity index (χ0n) is 30.4. The van der Waals surface area contributed by atoms with Crippen LogP contribution in [0.4, 0.5) is 15.3 Å². The number of nitrogens with zero attached hydrogens (tertiary/aromatic N) is 4. The van der Waals surface area contributed by atoms with Gasteiger partial charge in [-0.05, 0) is 57.3 Å². The third-order valence-corrected chi connectivity index (χ3v) is 10.7. The highest BCUT2D eigenvalue weighted by Gasteiger charge is 2.52. The Kier molecular flexibility index (Phi) is 11.9. The first-order chi connectivity index (χ1) is 27.2. The summed E-state index contributed by atoms with van der Waals surface area (Å²) in [6, 6.07) is 34.3. The summed E-state index contributed by atoms with van der Waals surface area (Å²) in [7, 11) is 0. The van der Waals surface area contributed by atoms with Gasteiger partial charge in [-0.2, -0.15) is 5.01 Å². The third-order valence-electron chi connectivity index (χ3n) is 9.92. The van der Waals surface area contributed by atoms with Crippen LogP contribution in [0, 0.1) is 0 Å². The molecule has 2 atom stereocenters. The molecule has 7 rings (SSSR count). The second-order valence-electron chi connectivity index (χ2n) is 13.6. The van der Waals surface area contributed by atoms with E-state index in [1.54, 1.807) is 51.2 Å². The Bertz CT molecular complexity index is 2250. The number of amides is 5. The minimum atomic E-state index is -0.860. The number of carbonyl (C=O) groups is 4. The lowest BCUT2D eigenvalue weighted by Crippen LogP contribution is -2.66. The number of carbonyl (C=O) groups excluding carboxylic acids is 4. The third kappa shape index (κ3) is 8.65. The number of hydrogen-bond acceptors (Lipinski definition) is 6. The molecule has 0 saturated carbocycles. The van der Waals surface area contributed by atoms with Crippen LogP contribution in [0.1, 0.15) is 22.3 Å². The van der Waals surface area contributed by atoms with Gasteiger partial charge in [-0.15, -0.1) is 6.58 Å². The summed E-state index contributed by atoms with van der Waals surface area (Å²) in [6.45, 7) is 4.66. The van der Waals surface area contributed by atoms with Crippen LogP contribution in [0.5, 0.6) is 0 Å². The van der Waals surface area contributed by atoms with Gasteiger partial charge in [-0.1, -0.05) is 120 Å². The summed E-state index contributed by atoms with van der Waals surface area (Å²) in [6.07, 6.45) is 0.572. The fraction of sp³-hybridized carbons (Fsp3) is 0.209. The summed E-state index contributed by atoms with van der Waals surface area (Å²) >= 11 is 12.3. The lowest BCUT2D eigenvalue weighted by molar-refractivity contribution is -0.157. The van der Waals surface area contributed by atoms with Crippen molar-refractivity contribution in [2.24, 2.45) is 0 Å². The molecule has 13 heteroatoms. The number of fused-ring (bicyclic) bond motifs is 2. The van der Waals surface area contributed by atoms with Crippen molar-refractivity contribution >= 4 is 63.6 Å². The maximum absolute atomic E-state index is 14.5. The normalized spacial score (nSPS) is 16.8. The summed E-state index contributed by atoms with van der Waals surface area (Å²) in [5.74, 6) is -0.473. The molecule has 286 valence electrons. The van der Waals surface area contributed by atoms with E-state index in [-0.39, 0.29) is 51.0 Å². The first-order valence-corrected chi connectivity index (χ1v) is 18.9. The van der Waals surface area contributed by atoms with E-state index < -0.39 is 24.3 Å². The predicted octanol–water partition coefficient (Wildman–Crippen LogP) is 7.63. The number of anilines is 1. The molecule has 2 saturated heterocycles. The molecule has 0 unspecified atom stereocenters. The summed E-state index contributed by atoms with van der Waals surface area (Å²) in [4.78, 5) is 58.2. The maximum atomic E-state index is 14.5. The summed E-state index contributed by atoms with van der Waals surface area (Å²) < 4.78 is 5.36. The zero-order valence-corrected chi connectivity index (χ0v) is 32.0. The Hall–Kier alpha value is -5.88. The van der Waals surface area contributed by atoms with Crippen molar-refractivity contribution in [2.45, 2.75) is 38.3 Å². The number of ether oxygens (including phenoxy) is 1. The van der Waals surface area contributed by atoms with Crippen molar-refractivity contribution in [2.75, 3.05) is 25.0 Å². The van der Waals surface area contributed by atoms with E-state index in [9.17, 15) is 19.2 Å². The molecule has 5 aromatic rings. The molecule has 5 amide bonds. The lowest BCUT2D eigenvalue weighted by Gasteiger charge is -2.46. The fourth-order valence-electron chi connectivity index (χ4n) is 7.20. The van der Waals surface area contributed by atoms with Crippen LogP contribution in [-0.2, 0) is 40.4 Å². The van der Waals surface area contributed by atoms with Gasteiger partial charge in [0.05, 0.1) is 29.7 Å². The predicted molar refractivity (Wildman–Crippen MR) is 216 cm³/mol. The van der Waals surface area contributed by atoms with Gasteiger partial charge in [-0.25, -0.2) is 9.59 Å². The summed E-state index contributed by atoms with van der Waals surface area (Å²) in [5, 5.41) is 11.7. The first kappa shape index (κ1) is 38.4. The second kappa shape index (κ2) is 17.3. The number of halogens is 2. The second-order valence-corrected chi connectivity index (χ2v) is 14.4. The zero-order chi connectivity index (χ0) is 39.2. The number of hydrogen-bond donors (Lipinski definition) is 2. The number of piperazine rings is 1. The highest BCUT2D eigenvalue weighted by molar-refractivity contribution is 6.42. The van der Waals surface area contributed by atoms with Gasteiger partial charge in [0.1, 0.15) is 18.8 Å². The van der Waals surface area contributed by atoms with E-state index in [1.165, 1.54) is 5.01 Å². The van der Waals surface area contributed by atoms with Gasteiger partial charge in [0.2, 0.25) is 11.8 Å². The van der Waals surface area contributed by atoms with Crippen molar-refractivity contribution in [1.29, 1.82) is 0 Å². The molecule has 11 nitrogen and oxygen atoms in total. The van der Waals surface area contributed by atoms with Crippen LogP contribution < -0.4 is 10.6 Å². The van der Waals surface area contributed by atoms with E-state index in [4.69, 9.17) is 27.9 Å². The molecule has 0 spiro atoms. The highest BCUT2D eigenvalue weighted by Crippen LogP contribution is 2.32. The van der Waals surface area contributed by atoms with Gasteiger partial charge in [0.15, 0.2) is 0 Å². The number of hydrazine groups is 1.